The Labute approximate surface area is 172 Å². The van der Waals surface area contributed by atoms with Crippen molar-refractivity contribution >= 4 is 34.9 Å². The van der Waals surface area contributed by atoms with Gasteiger partial charge in [-0.25, -0.2) is 4.98 Å². The summed E-state index contributed by atoms with van der Waals surface area (Å²) in [7, 11) is 0. The molecule has 0 unspecified atom stereocenters. The quantitative estimate of drug-likeness (QED) is 0.391. The number of carbonyl (C=O) groups is 2. The van der Waals surface area contributed by atoms with Crippen LogP contribution in [0.4, 0.5) is 5.82 Å². The standard InChI is InChI=1S/C23H17ClN2O3/c1-14-6-5-9-18(25-14)26-20(15-10-12-17(24)13-11-15)19(22(28)23(26)29)21(27)16-7-3-2-4-8-16/h2-13,20,27H,1H3/b21-19+/t20-/m1/s1. The summed E-state index contributed by atoms with van der Waals surface area (Å²) in [5.41, 5.74) is 1.84. The van der Waals surface area contributed by atoms with E-state index in [4.69, 9.17) is 11.6 Å². The molecule has 1 aliphatic rings. The number of carbonyl (C=O) groups excluding carboxylic acids is 2. The van der Waals surface area contributed by atoms with Gasteiger partial charge in [0.1, 0.15) is 11.6 Å². The number of ketones is 1. The van der Waals surface area contributed by atoms with E-state index in [1.54, 1.807) is 73.7 Å². The highest BCUT2D eigenvalue weighted by molar-refractivity contribution is 6.51. The van der Waals surface area contributed by atoms with E-state index in [0.717, 1.165) is 0 Å². The van der Waals surface area contributed by atoms with Crippen LogP contribution >= 0.6 is 11.6 Å². The largest absolute Gasteiger partial charge is 0.507 e. The maximum absolute atomic E-state index is 13.0. The average molecular weight is 405 g/mol. The molecule has 6 heteroatoms. The minimum absolute atomic E-state index is 0.0202. The minimum Gasteiger partial charge on any atom is -0.507 e. The molecule has 144 valence electrons. The molecule has 2 aromatic carbocycles. The summed E-state index contributed by atoms with van der Waals surface area (Å²) in [5, 5.41) is 11.5. The van der Waals surface area contributed by atoms with E-state index in [0.29, 0.717) is 27.7 Å². The molecule has 0 saturated carbocycles. The number of anilines is 1. The Bertz CT molecular complexity index is 1120. The summed E-state index contributed by atoms with van der Waals surface area (Å²) in [6.07, 6.45) is 0. The molecular formula is C23H17ClN2O3. The monoisotopic (exact) mass is 404 g/mol. The van der Waals surface area contributed by atoms with Gasteiger partial charge in [0.25, 0.3) is 5.78 Å². The summed E-state index contributed by atoms with van der Waals surface area (Å²) < 4.78 is 0. The molecule has 1 amide bonds. The molecule has 1 aromatic heterocycles. The van der Waals surface area contributed by atoms with E-state index in [-0.39, 0.29) is 11.3 Å². The van der Waals surface area contributed by atoms with E-state index >= 15 is 0 Å². The number of pyridine rings is 1. The molecule has 5 nitrogen and oxygen atoms in total. The average Bonchev–Trinajstić information content (AvgIpc) is 2.99. The van der Waals surface area contributed by atoms with E-state index < -0.39 is 17.7 Å². The topological polar surface area (TPSA) is 70.5 Å². The molecule has 4 rings (SSSR count). The second kappa shape index (κ2) is 7.53. The minimum atomic E-state index is -0.818. The highest BCUT2D eigenvalue weighted by Gasteiger charge is 2.47. The van der Waals surface area contributed by atoms with Crippen molar-refractivity contribution in [3.05, 3.63) is 100 Å². The fourth-order valence-corrected chi connectivity index (χ4v) is 3.57. The van der Waals surface area contributed by atoms with Crippen molar-refractivity contribution in [3.63, 3.8) is 0 Å². The normalized spacial score (nSPS) is 18.3. The lowest BCUT2D eigenvalue weighted by atomic mass is 9.95. The highest BCUT2D eigenvalue weighted by atomic mass is 35.5. The summed E-state index contributed by atoms with van der Waals surface area (Å²) in [6, 6.07) is 20.0. The third kappa shape index (κ3) is 3.41. The summed E-state index contributed by atoms with van der Waals surface area (Å²) in [6.45, 7) is 1.81. The van der Waals surface area contributed by atoms with Crippen molar-refractivity contribution in [2.45, 2.75) is 13.0 Å². The Morgan fingerprint density at radius 2 is 1.66 bits per heavy atom. The van der Waals surface area contributed by atoms with E-state index in [1.165, 1.54) is 4.90 Å². The van der Waals surface area contributed by atoms with Crippen LogP contribution in [-0.2, 0) is 9.59 Å². The second-order valence-corrected chi connectivity index (χ2v) is 7.16. The van der Waals surface area contributed by atoms with Crippen molar-refractivity contribution in [1.29, 1.82) is 0 Å². The van der Waals surface area contributed by atoms with Crippen LogP contribution in [0.2, 0.25) is 5.02 Å². The van der Waals surface area contributed by atoms with Crippen molar-refractivity contribution < 1.29 is 14.7 Å². The molecule has 3 aromatic rings. The number of Topliss-reactive ketones (excluding diaryl/α,β-unsaturated/α-hetero) is 1. The molecule has 29 heavy (non-hydrogen) atoms. The van der Waals surface area contributed by atoms with Crippen LogP contribution in [0.25, 0.3) is 5.76 Å². The number of hydrogen-bond acceptors (Lipinski definition) is 4. The number of halogens is 1. The molecule has 1 N–H and O–H groups in total. The van der Waals surface area contributed by atoms with Gasteiger partial charge >= 0.3 is 5.91 Å². The first-order chi connectivity index (χ1) is 14.0. The van der Waals surface area contributed by atoms with Crippen LogP contribution in [0.15, 0.2) is 78.4 Å². The number of aliphatic hydroxyl groups excluding tert-OH is 1. The second-order valence-electron chi connectivity index (χ2n) is 6.72. The lowest BCUT2D eigenvalue weighted by Gasteiger charge is -2.24. The first-order valence-corrected chi connectivity index (χ1v) is 9.40. The Kier molecular flexibility index (Phi) is 4.91. The van der Waals surface area contributed by atoms with Crippen LogP contribution in [0.3, 0.4) is 0 Å². The molecule has 0 aliphatic carbocycles. The van der Waals surface area contributed by atoms with E-state index in [9.17, 15) is 14.7 Å². The number of amides is 1. The van der Waals surface area contributed by atoms with Crippen molar-refractivity contribution in [2.24, 2.45) is 0 Å². The van der Waals surface area contributed by atoms with E-state index in [1.807, 2.05) is 6.07 Å². The predicted octanol–water partition coefficient (Wildman–Crippen LogP) is 4.67. The number of rotatable bonds is 3. The number of aryl methyl sites for hydroxylation is 1. The van der Waals surface area contributed by atoms with Crippen molar-refractivity contribution in [2.75, 3.05) is 4.90 Å². The maximum Gasteiger partial charge on any atom is 0.301 e. The molecule has 1 fully saturated rings. The van der Waals surface area contributed by atoms with Crippen LogP contribution in [-0.4, -0.2) is 21.8 Å². The summed E-state index contributed by atoms with van der Waals surface area (Å²) in [5.74, 6) is -1.37. The van der Waals surface area contributed by atoms with Gasteiger partial charge in [-0.2, -0.15) is 0 Å². The van der Waals surface area contributed by atoms with Gasteiger partial charge < -0.3 is 5.11 Å². The van der Waals surface area contributed by atoms with Crippen LogP contribution < -0.4 is 4.90 Å². The fraction of sp³-hybridized carbons (Fsp3) is 0.0870. The number of aliphatic hydroxyl groups is 1. The molecule has 0 spiro atoms. The smallest absolute Gasteiger partial charge is 0.301 e. The van der Waals surface area contributed by atoms with Gasteiger partial charge in [0.2, 0.25) is 0 Å². The Balaban J connectivity index is 1.96. The van der Waals surface area contributed by atoms with Gasteiger partial charge in [0.15, 0.2) is 0 Å². The van der Waals surface area contributed by atoms with Gasteiger partial charge in [-0.15, -0.1) is 0 Å². The van der Waals surface area contributed by atoms with Gasteiger partial charge in [0.05, 0.1) is 11.6 Å². The zero-order valence-corrected chi connectivity index (χ0v) is 16.3. The molecule has 2 heterocycles. The predicted molar refractivity (Wildman–Crippen MR) is 112 cm³/mol. The summed E-state index contributed by atoms with van der Waals surface area (Å²) >= 11 is 6.02. The van der Waals surface area contributed by atoms with Gasteiger partial charge in [-0.05, 0) is 36.8 Å². The lowest BCUT2D eigenvalue weighted by Crippen LogP contribution is -2.30. The zero-order valence-electron chi connectivity index (χ0n) is 15.5. The molecule has 0 radical (unpaired) electrons. The molecule has 1 aliphatic heterocycles. The van der Waals surface area contributed by atoms with Crippen LogP contribution in [0.1, 0.15) is 22.9 Å². The number of benzene rings is 2. The third-order valence-corrected chi connectivity index (χ3v) is 5.05. The maximum atomic E-state index is 13.0. The van der Waals surface area contributed by atoms with E-state index in [2.05, 4.69) is 4.98 Å². The first-order valence-electron chi connectivity index (χ1n) is 9.03. The van der Waals surface area contributed by atoms with Crippen molar-refractivity contribution in [1.82, 2.24) is 4.98 Å². The molecule has 1 atom stereocenters. The Morgan fingerprint density at radius 1 is 0.966 bits per heavy atom. The van der Waals surface area contributed by atoms with Gasteiger partial charge in [-0.3, -0.25) is 14.5 Å². The molecular weight excluding hydrogens is 388 g/mol. The lowest BCUT2D eigenvalue weighted by molar-refractivity contribution is -0.132. The zero-order chi connectivity index (χ0) is 20.5. The van der Waals surface area contributed by atoms with Crippen LogP contribution in [0, 0.1) is 6.92 Å². The Hall–Kier alpha value is -3.44. The van der Waals surface area contributed by atoms with Crippen LogP contribution in [0.5, 0.6) is 0 Å². The molecule has 0 bridgehead atoms. The van der Waals surface area contributed by atoms with Crippen molar-refractivity contribution in [3.8, 4) is 0 Å². The number of aromatic nitrogens is 1. The van der Waals surface area contributed by atoms with Gasteiger partial charge in [-0.1, -0.05) is 60.1 Å². The number of hydrogen-bond donors (Lipinski definition) is 1. The highest BCUT2D eigenvalue weighted by Crippen LogP contribution is 2.41. The summed E-state index contributed by atoms with van der Waals surface area (Å²) in [4.78, 5) is 31.7. The van der Waals surface area contributed by atoms with Gasteiger partial charge in [0, 0.05) is 16.3 Å². The fourth-order valence-electron chi connectivity index (χ4n) is 3.44. The number of nitrogens with zero attached hydrogens (tertiary/aromatic N) is 2. The first kappa shape index (κ1) is 18.9. The third-order valence-electron chi connectivity index (χ3n) is 4.80. The SMILES string of the molecule is Cc1cccc(N2C(=O)C(=O)/C(=C(/O)c3ccccc3)[C@H]2c2ccc(Cl)cc2)n1. The molecule has 1 saturated heterocycles. The Morgan fingerprint density at radius 3 is 2.31 bits per heavy atom.